The van der Waals surface area contributed by atoms with Crippen molar-refractivity contribution in [3.8, 4) is 11.5 Å². The number of ether oxygens (including phenoxy) is 3. The fraction of sp³-hybridized carbons (Fsp3) is 0.375. The first-order valence-electron chi connectivity index (χ1n) is 10.8. The van der Waals surface area contributed by atoms with E-state index in [1.165, 1.54) is 5.01 Å². The number of nitrogens with zero attached hydrogens (tertiary/aromatic N) is 3. The highest BCUT2D eigenvalue weighted by molar-refractivity contribution is 6.14. The van der Waals surface area contributed by atoms with Crippen LogP contribution < -0.4 is 19.7 Å². The monoisotopic (exact) mass is 452 g/mol. The molecule has 0 bridgehead atoms. The molecule has 1 atom stereocenters. The van der Waals surface area contributed by atoms with Crippen molar-refractivity contribution < 1.29 is 23.8 Å². The van der Waals surface area contributed by atoms with E-state index in [1.807, 2.05) is 43.3 Å². The lowest BCUT2D eigenvalue weighted by Crippen LogP contribution is -2.41. The Morgan fingerprint density at radius 1 is 1.15 bits per heavy atom. The summed E-state index contributed by atoms with van der Waals surface area (Å²) in [6.45, 7) is 3.06. The number of hydrogen-bond acceptors (Lipinski definition) is 6. The second kappa shape index (κ2) is 9.50. The summed E-state index contributed by atoms with van der Waals surface area (Å²) in [4.78, 5) is 26.5. The number of methoxy groups -OCH3 is 2. The maximum atomic E-state index is 12.6. The van der Waals surface area contributed by atoms with Crippen molar-refractivity contribution in [1.29, 1.82) is 0 Å². The third kappa shape index (κ3) is 4.36. The van der Waals surface area contributed by atoms with Crippen LogP contribution in [-0.2, 0) is 16.0 Å². The zero-order chi connectivity index (χ0) is 23.5. The molecule has 0 radical (unpaired) electrons. The van der Waals surface area contributed by atoms with Gasteiger partial charge in [0.1, 0.15) is 6.61 Å². The summed E-state index contributed by atoms with van der Waals surface area (Å²) >= 11 is 0. The molecule has 174 valence electrons. The molecule has 1 N–H and O–H groups in total. The van der Waals surface area contributed by atoms with Crippen LogP contribution in [-0.4, -0.2) is 69.7 Å². The fourth-order valence-electron chi connectivity index (χ4n) is 4.14. The molecule has 2 aliphatic rings. The minimum Gasteiger partial charge on any atom is -0.493 e. The highest BCUT2D eigenvalue weighted by Crippen LogP contribution is 2.35. The lowest BCUT2D eigenvalue weighted by molar-refractivity contribution is -0.125. The predicted molar refractivity (Wildman–Crippen MR) is 124 cm³/mol. The number of rotatable bonds is 4. The quantitative estimate of drug-likeness (QED) is 0.769. The zero-order valence-electron chi connectivity index (χ0n) is 19.3. The van der Waals surface area contributed by atoms with Gasteiger partial charge in [-0.15, -0.1) is 0 Å². The molecule has 2 aliphatic heterocycles. The third-order valence-electron chi connectivity index (χ3n) is 5.87. The Bertz CT molecular complexity index is 1080. The SMILES string of the molecule is CNC(=O)N1N=C(c2ccc(N3CCOCC3=O)cc2)c2cc(OC)c(OC)cc2CC1C. The molecule has 3 amide bonds. The van der Waals surface area contributed by atoms with Crippen LogP contribution in [0, 0.1) is 0 Å². The summed E-state index contributed by atoms with van der Waals surface area (Å²) in [5, 5.41) is 8.90. The molecule has 0 aliphatic carbocycles. The number of hydrogen-bond donors (Lipinski definition) is 1. The molecule has 0 aromatic heterocycles. The van der Waals surface area contributed by atoms with Gasteiger partial charge in [0.05, 0.1) is 32.6 Å². The Kier molecular flexibility index (Phi) is 6.50. The number of carbonyl (C=O) groups excluding carboxylic acids is 2. The highest BCUT2D eigenvalue weighted by Gasteiger charge is 2.28. The van der Waals surface area contributed by atoms with Crippen LogP contribution in [0.25, 0.3) is 0 Å². The van der Waals surface area contributed by atoms with Crippen molar-refractivity contribution in [1.82, 2.24) is 10.3 Å². The average Bonchev–Trinajstić information content (AvgIpc) is 2.98. The molecule has 1 saturated heterocycles. The van der Waals surface area contributed by atoms with Crippen LogP contribution in [0.5, 0.6) is 11.5 Å². The number of hydrazone groups is 1. The number of amides is 3. The largest absolute Gasteiger partial charge is 0.493 e. The number of carbonyl (C=O) groups is 2. The summed E-state index contributed by atoms with van der Waals surface area (Å²) in [6, 6.07) is 11.0. The van der Waals surface area contributed by atoms with Crippen LogP contribution in [0.3, 0.4) is 0 Å². The van der Waals surface area contributed by atoms with E-state index >= 15 is 0 Å². The number of morpholine rings is 1. The molecule has 2 aromatic rings. The zero-order valence-corrected chi connectivity index (χ0v) is 19.3. The topological polar surface area (TPSA) is 92.7 Å². The molecule has 1 unspecified atom stereocenters. The summed E-state index contributed by atoms with van der Waals surface area (Å²) in [6.07, 6.45) is 0.594. The number of anilines is 1. The smallest absolute Gasteiger partial charge is 0.337 e. The van der Waals surface area contributed by atoms with Crippen LogP contribution in [0.2, 0.25) is 0 Å². The van der Waals surface area contributed by atoms with Gasteiger partial charge in [0.25, 0.3) is 5.91 Å². The maximum absolute atomic E-state index is 12.6. The van der Waals surface area contributed by atoms with E-state index in [4.69, 9.17) is 19.3 Å². The van der Waals surface area contributed by atoms with Gasteiger partial charge in [0.2, 0.25) is 0 Å². The van der Waals surface area contributed by atoms with Crippen molar-refractivity contribution in [3.05, 3.63) is 53.1 Å². The van der Waals surface area contributed by atoms with E-state index in [2.05, 4.69) is 5.32 Å². The van der Waals surface area contributed by atoms with Crippen LogP contribution in [0.1, 0.15) is 23.6 Å². The van der Waals surface area contributed by atoms with Gasteiger partial charge in [-0.25, -0.2) is 9.80 Å². The van der Waals surface area contributed by atoms with E-state index < -0.39 is 0 Å². The van der Waals surface area contributed by atoms with Crippen molar-refractivity contribution in [2.75, 3.05) is 45.9 Å². The van der Waals surface area contributed by atoms with Crippen LogP contribution >= 0.6 is 0 Å². The molecular formula is C24H28N4O5. The Morgan fingerprint density at radius 3 is 2.48 bits per heavy atom. The summed E-state index contributed by atoms with van der Waals surface area (Å²) in [5.74, 6) is 1.14. The van der Waals surface area contributed by atoms with Crippen molar-refractivity contribution in [3.63, 3.8) is 0 Å². The molecule has 9 nitrogen and oxygen atoms in total. The van der Waals surface area contributed by atoms with Crippen molar-refractivity contribution in [2.24, 2.45) is 5.10 Å². The Labute approximate surface area is 192 Å². The maximum Gasteiger partial charge on any atom is 0.337 e. The molecule has 0 saturated carbocycles. The number of urea groups is 1. The van der Waals surface area contributed by atoms with E-state index in [9.17, 15) is 9.59 Å². The third-order valence-corrected chi connectivity index (χ3v) is 5.87. The van der Waals surface area contributed by atoms with Gasteiger partial charge in [0, 0.05) is 30.4 Å². The number of fused-ring (bicyclic) bond motifs is 1. The minimum absolute atomic E-state index is 0.0670. The van der Waals surface area contributed by atoms with Crippen LogP contribution in [0.15, 0.2) is 41.5 Å². The number of benzene rings is 2. The first-order chi connectivity index (χ1) is 16.0. The summed E-state index contributed by atoms with van der Waals surface area (Å²) in [5.41, 5.74) is 4.11. The van der Waals surface area contributed by atoms with Gasteiger partial charge in [-0.3, -0.25) is 4.79 Å². The average molecular weight is 453 g/mol. The summed E-state index contributed by atoms with van der Waals surface area (Å²) < 4.78 is 16.3. The van der Waals surface area contributed by atoms with E-state index in [-0.39, 0.29) is 24.6 Å². The first-order valence-corrected chi connectivity index (χ1v) is 10.8. The minimum atomic E-state index is -0.290. The lowest BCUT2D eigenvalue weighted by Gasteiger charge is -2.27. The molecule has 1 fully saturated rings. The second-order valence-electron chi connectivity index (χ2n) is 7.91. The van der Waals surface area contributed by atoms with Gasteiger partial charge >= 0.3 is 6.03 Å². The van der Waals surface area contributed by atoms with Gasteiger partial charge in [-0.2, -0.15) is 5.10 Å². The van der Waals surface area contributed by atoms with Gasteiger partial charge in [-0.1, -0.05) is 12.1 Å². The first kappa shape index (κ1) is 22.6. The molecule has 4 rings (SSSR count). The van der Waals surface area contributed by atoms with E-state index in [1.54, 1.807) is 26.2 Å². The molecule has 9 heteroatoms. The second-order valence-corrected chi connectivity index (χ2v) is 7.91. The Hall–Kier alpha value is -3.59. The highest BCUT2D eigenvalue weighted by atomic mass is 16.5. The fourth-order valence-corrected chi connectivity index (χ4v) is 4.14. The van der Waals surface area contributed by atoms with E-state index in [0.717, 1.165) is 22.4 Å². The standard InChI is InChI=1S/C24H28N4O5/c1-15-11-17-12-20(31-3)21(32-4)13-19(17)23(26-28(15)24(30)25-2)16-5-7-18(8-6-16)27-9-10-33-14-22(27)29/h5-8,12-13,15H,9-11,14H2,1-4H3,(H,25,30). The van der Waals surface area contributed by atoms with Crippen molar-refractivity contribution >= 4 is 23.3 Å². The van der Waals surface area contributed by atoms with Gasteiger partial charge in [-0.05, 0) is 43.2 Å². The lowest BCUT2D eigenvalue weighted by atomic mass is 9.94. The number of nitrogens with one attached hydrogen (secondary N) is 1. The van der Waals surface area contributed by atoms with Gasteiger partial charge < -0.3 is 24.4 Å². The van der Waals surface area contributed by atoms with E-state index in [0.29, 0.717) is 36.8 Å². The van der Waals surface area contributed by atoms with Gasteiger partial charge in [0.15, 0.2) is 11.5 Å². The predicted octanol–water partition coefficient (Wildman–Crippen LogP) is 2.41. The van der Waals surface area contributed by atoms with Crippen LogP contribution in [0.4, 0.5) is 10.5 Å². The Morgan fingerprint density at radius 2 is 1.85 bits per heavy atom. The molecule has 2 aromatic carbocycles. The molecule has 2 heterocycles. The molecule has 33 heavy (non-hydrogen) atoms. The van der Waals surface area contributed by atoms with Crippen molar-refractivity contribution in [2.45, 2.75) is 19.4 Å². The normalized spacial score (nSPS) is 18.2. The molecule has 0 spiro atoms. The summed E-state index contributed by atoms with van der Waals surface area (Å²) in [7, 11) is 4.77. The Balaban J connectivity index is 1.81. The molecular weight excluding hydrogens is 424 g/mol.